The lowest BCUT2D eigenvalue weighted by Gasteiger charge is -2.31. The molecule has 1 aromatic carbocycles. The van der Waals surface area contributed by atoms with Crippen molar-refractivity contribution in [2.45, 2.75) is 39.8 Å². The first-order valence-corrected chi connectivity index (χ1v) is 5.92. The Morgan fingerprint density at radius 3 is 2.18 bits per heavy atom. The molecule has 17 heavy (non-hydrogen) atoms. The standard InChI is InChI=1S/C14H22N2O/c1-10(11-8-6-5-7-9-11)16-12(13(15)17)14(2,3)4/h5-10,12,16H,1-4H3,(H2,15,17)/t10-,12+/m0/s1. The van der Waals surface area contributed by atoms with Gasteiger partial charge >= 0.3 is 0 Å². The fourth-order valence-electron chi connectivity index (χ4n) is 1.85. The number of primary amides is 1. The Hall–Kier alpha value is -1.35. The summed E-state index contributed by atoms with van der Waals surface area (Å²) in [5.41, 5.74) is 6.42. The van der Waals surface area contributed by atoms with E-state index in [1.54, 1.807) is 0 Å². The smallest absolute Gasteiger partial charge is 0.235 e. The monoisotopic (exact) mass is 234 g/mol. The van der Waals surface area contributed by atoms with Gasteiger partial charge in [-0.1, -0.05) is 51.1 Å². The summed E-state index contributed by atoms with van der Waals surface area (Å²) in [5.74, 6) is -0.305. The highest BCUT2D eigenvalue weighted by atomic mass is 16.1. The summed E-state index contributed by atoms with van der Waals surface area (Å²) in [6.45, 7) is 8.06. The van der Waals surface area contributed by atoms with Gasteiger partial charge in [0, 0.05) is 6.04 Å². The van der Waals surface area contributed by atoms with Crippen molar-refractivity contribution in [3.05, 3.63) is 35.9 Å². The predicted molar refractivity (Wildman–Crippen MR) is 70.4 cm³/mol. The van der Waals surface area contributed by atoms with Crippen molar-refractivity contribution in [2.75, 3.05) is 0 Å². The molecule has 0 aliphatic rings. The van der Waals surface area contributed by atoms with E-state index >= 15 is 0 Å². The lowest BCUT2D eigenvalue weighted by Crippen LogP contribution is -2.50. The summed E-state index contributed by atoms with van der Waals surface area (Å²) in [4.78, 5) is 11.5. The average molecular weight is 234 g/mol. The molecule has 0 fully saturated rings. The molecular weight excluding hydrogens is 212 g/mol. The van der Waals surface area contributed by atoms with Gasteiger partial charge in [0.25, 0.3) is 0 Å². The van der Waals surface area contributed by atoms with Crippen molar-refractivity contribution < 1.29 is 4.79 Å². The van der Waals surface area contributed by atoms with E-state index in [-0.39, 0.29) is 23.4 Å². The normalized spacial score (nSPS) is 15.3. The molecule has 0 heterocycles. The molecule has 3 heteroatoms. The Bertz CT molecular complexity index is 368. The van der Waals surface area contributed by atoms with Crippen LogP contribution in [-0.4, -0.2) is 11.9 Å². The Balaban J connectivity index is 2.79. The van der Waals surface area contributed by atoms with Crippen molar-refractivity contribution in [1.29, 1.82) is 0 Å². The molecule has 0 bridgehead atoms. The molecule has 0 spiro atoms. The number of carbonyl (C=O) groups is 1. The lowest BCUT2D eigenvalue weighted by atomic mass is 9.85. The third-order valence-electron chi connectivity index (χ3n) is 2.87. The van der Waals surface area contributed by atoms with Crippen LogP contribution in [0.1, 0.15) is 39.3 Å². The van der Waals surface area contributed by atoms with Crippen molar-refractivity contribution in [1.82, 2.24) is 5.32 Å². The number of hydrogen-bond acceptors (Lipinski definition) is 2. The minimum Gasteiger partial charge on any atom is -0.368 e. The highest BCUT2D eigenvalue weighted by molar-refractivity contribution is 5.80. The van der Waals surface area contributed by atoms with Crippen LogP contribution in [0.2, 0.25) is 0 Å². The summed E-state index contributed by atoms with van der Waals surface area (Å²) in [6.07, 6.45) is 0. The van der Waals surface area contributed by atoms with Gasteiger partial charge in [-0.3, -0.25) is 10.1 Å². The molecule has 3 N–H and O–H groups in total. The van der Waals surface area contributed by atoms with Crippen LogP contribution in [0.15, 0.2) is 30.3 Å². The molecule has 0 aliphatic heterocycles. The summed E-state index contributed by atoms with van der Waals surface area (Å²) < 4.78 is 0. The Morgan fingerprint density at radius 2 is 1.76 bits per heavy atom. The number of amides is 1. The summed E-state index contributed by atoms with van der Waals surface area (Å²) in [6, 6.07) is 9.81. The van der Waals surface area contributed by atoms with Gasteiger partial charge in [-0.2, -0.15) is 0 Å². The first kappa shape index (κ1) is 13.7. The minimum atomic E-state index is -0.335. The number of hydrogen-bond donors (Lipinski definition) is 2. The highest BCUT2D eigenvalue weighted by Gasteiger charge is 2.30. The van der Waals surface area contributed by atoms with Crippen LogP contribution in [0.4, 0.5) is 0 Å². The van der Waals surface area contributed by atoms with E-state index in [9.17, 15) is 4.79 Å². The zero-order valence-electron chi connectivity index (χ0n) is 11.0. The highest BCUT2D eigenvalue weighted by Crippen LogP contribution is 2.22. The number of benzene rings is 1. The first-order chi connectivity index (χ1) is 7.82. The molecule has 0 unspecified atom stereocenters. The predicted octanol–water partition coefficient (Wildman–Crippen LogP) is 2.24. The van der Waals surface area contributed by atoms with Crippen LogP contribution in [0.25, 0.3) is 0 Å². The van der Waals surface area contributed by atoms with Gasteiger partial charge in [-0.25, -0.2) is 0 Å². The first-order valence-electron chi connectivity index (χ1n) is 5.92. The second-order valence-electron chi connectivity index (χ2n) is 5.50. The maximum Gasteiger partial charge on any atom is 0.235 e. The second-order valence-corrected chi connectivity index (χ2v) is 5.50. The Kier molecular flexibility index (Phi) is 4.29. The quantitative estimate of drug-likeness (QED) is 0.839. The molecule has 0 saturated heterocycles. The van der Waals surface area contributed by atoms with Gasteiger partial charge in [0.05, 0.1) is 6.04 Å². The van der Waals surface area contributed by atoms with E-state index in [1.807, 2.05) is 58.0 Å². The number of nitrogens with two attached hydrogens (primary N) is 1. The topological polar surface area (TPSA) is 55.1 Å². The van der Waals surface area contributed by atoms with E-state index in [0.717, 1.165) is 5.56 Å². The number of nitrogens with one attached hydrogen (secondary N) is 1. The van der Waals surface area contributed by atoms with Crippen LogP contribution < -0.4 is 11.1 Å². The van der Waals surface area contributed by atoms with Crippen LogP contribution in [0.5, 0.6) is 0 Å². The zero-order valence-corrected chi connectivity index (χ0v) is 11.0. The van der Waals surface area contributed by atoms with Gasteiger partial charge in [0.15, 0.2) is 0 Å². The fraction of sp³-hybridized carbons (Fsp3) is 0.500. The molecule has 0 saturated carbocycles. The molecule has 1 rings (SSSR count). The van der Waals surface area contributed by atoms with Crippen LogP contribution >= 0.6 is 0 Å². The molecule has 0 aromatic heterocycles. The largest absolute Gasteiger partial charge is 0.368 e. The van der Waals surface area contributed by atoms with E-state index in [0.29, 0.717) is 0 Å². The molecule has 0 aliphatic carbocycles. The molecule has 3 nitrogen and oxygen atoms in total. The summed E-state index contributed by atoms with van der Waals surface area (Å²) in [7, 11) is 0. The maximum atomic E-state index is 11.5. The third-order valence-corrected chi connectivity index (χ3v) is 2.87. The number of carbonyl (C=O) groups excluding carboxylic acids is 1. The van der Waals surface area contributed by atoms with E-state index in [4.69, 9.17) is 5.73 Å². The zero-order chi connectivity index (χ0) is 13.1. The van der Waals surface area contributed by atoms with E-state index in [1.165, 1.54) is 0 Å². The molecule has 1 amide bonds. The van der Waals surface area contributed by atoms with E-state index in [2.05, 4.69) is 5.32 Å². The molecule has 2 atom stereocenters. The van der Waals surface area contributed by atoms with Crippen LogP contribution in [0, 0.1) is 5.41 Å². The lowest BCUT2D eigenvalue weighted by molar-refractivity contribution is -0.122. The van der Waals surface area contributed by atoms with Gasteiger partial charge in [-0.15, -0.1) is 0 Å². The van der Waals surface area contributed by atoms with Crippen molar-refractivity contribution >= 4 is 5.91 Å². The Morgan fingerprint density at radius 1 is 1.24 bits per heavy atom. The van der Waals surface area contributed by atoms with Gasteiger partial charge in [0.2, 0.25) is 5.91 Å². The third kappa shape index (κ3) is 3.86. The Labute approximate surface area is 103 Å². The van der Waals surface area contributed by atoms with Crippen molar-refractivity contribution in [3.8, 4) is 0 Å². The maximum absolute atomic E-state index is 11.5. The van der Waals surface area contributed by atoms with Crippen molar-refractivity contribution in [3.63, 3.8) is 0 Å². The summed E-state index contributed by atoms with van der Waals surface area (Å²) >= 11 is 0. The van der Waals surface area contributed by atoms with Gasteiger partial charge < -0.3 is 5.73 Å². The average Bonchev–Trinajstić information content (AvgIpc) is 2.24. The van der Waals surface area contributed by atoms with Crippen LogP contribution in [0.3, 0.4) is 0 Å². The molecule has 1 aromatic rings. The minimum absolute atomic E-state index is 0.105. The van der Waals surface area contributed by atoms with E-state index < -0.39 is 0 Å². The van der Waals surface area contributed by atoms with Crippen LogP contribution in [-0.2, 0) is 4.79 Å². The van der Waals surface area contributed by atoms with Gasteiger partial charge in [0.1, 0.15) is 0 Å². The fourth-order valence-corrected chi connectivity index (χ4v) is 1.85. The SMILES string of the molecule is C[C@H](N[C@H](C(N)=O)C(C)(C)C)c1ccccc1. The molecule has 0 radical (unpaired) electrons. The summed E-state index contributed by atoms with van der Waals surface area (Å²) in [5, 5.41) is 3.30. The van der Waals surface area contributed by atoms with Crippen molar-refractivity contribution in [2.24, 2.45) is 11.1 Å². The number of rotatable bonds is 4. The molecular formula is C14H22N2O. The molecule has 94 valence electrons. The second kappa shape index (κ2) is 5.32. The van der Waals surface area contributed by atoms with Gasteiger partial charge in [-0.05, 0) is 17.9 Å².